The van der Waals surface area contributed by atoms with Gasteiger partial charge in [0.1, 0.15) is 11.3 Å². The average Bonchev–Trinajstić information content (AvgIpc) is 3.98. The molecule has 4 aromatic heterocycles. The van der Waals surface area contributed by atoms with Gasteiger partial charge in [-0.05, 0) is 92.0 Å². The lowest BCUT2D eigenvalue weighted by atomic mass is 9.95. The van der Waals surface area contributed by atoms with Crippen LogP contribution >= 0.6 is 0 Å². The smallest absolute Gasteiger partial charge is 0.206 e. The van der Waals surface area contributed by atoms with Gasteiger partial charge in [0.05, 0.1) is 0 Å². The molecular weight excluding hydrogens is 859 g/mol. The lowest BCUT2D eigenvalue weighted by Crippen LogP contribution is -2.43. The molecule has 9 nitrogen and oxygen atoms in total. The first-order valence-electron chi connectivity index (χ1n) is 27.4. The molecule has 2 aliphatic carbocycles. The van der Waals surface area contributed by atoms with Crippen LogP contribution in [-0.2, 0) is 25.9 Å². The Kier molecular flexibility index (Phi) is 25.4. The largest absolute Gasteiger partial charge is 0.326 e. The molecule has 0 unspecified atom stereocenters. The fraction of sp³-hybridized carbons (Fsp3) is 0.541. The predicted octanol–water partition coefficient (Wildman–Crippen LogP) is 13.7. The molecule has 0 N–H and O–H groups in total. The normalized spacial score (nSPS) is 15.3. The van der Waals surface area contributed by atoms with Gasteiger partial charge in [0.15, 0.2) is 0 Å². The number of aromatic nitrogens is 6. The number of benzene rings is 2. The molecule has 1 saturated heterocycles. The Morgan fingerprint density at radius 3 is 1.31 bits per heavy atom. The Labute approximate surface area is 424 Å². The number of hydrogen-bond acceptors (Lipinski definition) is 7. The summed E-state index contributed by atoms with van der Waals surface area (Å²) in [7, 11) is 2.21. The topological polar surface area (TPSA) is 71.1 Å². The van der Waals surface area contributed by atoms with Crippen molar-refractivity contribution in [3.63, 3.8) is 0 Å². The van der Waals surface area contributed by atoms with Crippen molar-refractivity contribution in [2.24, 2.45) is 0 Å². The Balaban J connectivity index is 0.000000267. The summed E-state index contributed by atoms with van der Waals surface area (Å²) in [5, 5.41) is 2.18. The Hall–Kier alpha value is -5.32. The van der Waals surface area contributed by atoms with Gasteiger partial charge in [0, 0.05) is 98.7 Å². The van der Waals surface area contributed by atoms with Gasteiger partial charge in [-0.2, -0.15) is 0 Å². The van der Waals surface area contributed by atoms with Crippen LogP contribution in [0.2, 0.25) is 0 Å². The van der Waals surface area contributed by atoms with Gasteiger partial charge in [0.2, 0.25) is 11.6 Å². The summed E-state index contributed by atoms with van der Waals surface area (Å²) >= 11 is 0. The molecule has 2 aromatic carbocycles. The summed E-state index contributed by atoms with van der Waals surface area (Å²) in [6.07, 6.45) is 29.5. The third-order valence-corrected chi connectivity index (χ3v) is 13.6. The summed E-state index contributed by atoms with van der Waals surface area (Å²) in [5.41, 5.74) is 10.1. The van der Waals surface area contributed by atoms with Crippen LogP contribution in [0.15, 0.2) is 73.1 Å². The molecular formula is C61H89N9. The second-order valence-corrected chi connectivity index (χ2v) is 17.9. The highest BCUT2D eigenvalue weighted by atomic mass is 15.2. The summed E-state index contributed by atoms with van der Waals surface area (Å²) in [5.74, 6) is 6.16. The van der Waals surface area contributed by atoms with Crippen molar-refractivity contribution >= 4 is 22.1 Å². The number of terminal acetylenes is 2. The molecule has 0 radical (unpaired) electrons. The van der Waals surface area contributed by atoms with Crippen LogP contribution in [0.25, 0.3) is 22.1 Å². The molecule has 70 heavy (non-hydrogen) atoms. The van der Waals surface area contributed by atoms with E-state index in [4.69, 9.17) is 22.8 Å². The van der Waals surface area contributed by atoms with Crippen molar-refractivity contribution in [2.45, 2.75) is 171 Å². The van der Waals surface area contributed by atoms with E-state index in [2.05, 4.69) is 127 Å². The second-order valence-electron chi connectivity index (χ2n) is 17.9. The first kappa shape index (κ1) is 57.3. The van der Waals surface area contributed by atoms with Crippen molar-refractivity contribution in [3.8, 4) is 24.7 Å². The minimum absolute atomic E-state index is 0.477. The summed E-state index contributed by atoms with van der Waals surface area (Å²) < 4.78 is 4.93. The minimum atomic E-state index is 0.477. The quantitative estimate of drug-likeness (QED) is 0.113. The highest BCUT2D eigenvalue weighted by Gasteiger charge is 2.24. The molecule has 3 fully saturated rings. The van der Waals surface area contributed by atoms with Crippen LogP contribution in [-0.4, -0.2) is 90.1 Å². The average molecular weight is 948 g/mol. The third-order valence-electron chi connectivity index (χ3n) is 13.6. The van der Waals surface area contributed by atoms with E-state index in [1.807, 2.05) is 67.8 Å². The minimum Gasteiger partial charge on any atom is -0.326 e. The number of likely N-dealkylation sites (N-methyl/N-ethyl adjacent to an activating group) is 1. The molecule has 0 atom stereocenters. The van der Waals surface area contributed by atoms with E-state index in [1.165, 1.54) is 97.8 Å². The fourth-order valence-electron chi connectivity index (χ4n) is 9.94. The maximum atomic E-state index is 5.60. The standard InChI is InChI=1S/C27H33N5.C26H32N4.4C2H6/c1-3-26-28-19-23-18-25(32(27(23)29-26)24-7-5-4-6-8-24)17-21-9-11-22(12-10-21)20-31-15-13-30(2)14-16-31;1-4-25-27-18-22-17-24(30(26(22)28-25)23-10-8-7-9-11-23)16-20-12-14-21(15-13-20)19-29(5-2)6-3;4*1-2/h1,9-12,18-19,24H,4-8,13-17,20H2,2H3;1,12-15,17-18,23H,5-11,16,19H2,2-3H3;4*1-2H3. The lowest BCUT2D eigenvalue weighted by Gasteiger charge is -2.32. The van der Waals surface area contributed by atoms with Gasteiger partial charge in [-0.1, -0.05) is 156 Å². The number of rotatable bonds is 12. The number of piperazine rings is 1. The molecule has 0 amide bonds. The monoisotopic (exact) mass is 948 g/mol. The number of nitrogens with zero attached hydrogens (tertiary/aromatic N) is 9. The number of hydrogen-bond donors (Lipinski definition) is 0. The van der Waals surface area contributed by atoms with Gasteiger partial charge in [-0.15, -0.1) is 12.8 Å². The second kappa shape index (κ2) is 31.1. The molecule has 0 bridgehead atoms. The molecule has 1 aliphatic heterocycles. The maximum absolute atomic E-state index is 5.60. The SMILES string of the molecule is C#Cc1ncc2cc(Cc3ccc(CN(CC)CC)cc3)n(C3CCCCC3)c2n1.C#Cc1ncc2cc(Cc3ccc(CN4CCN(C)CC4)cc3)n(C3CCCCC3)c2n1.CC.CC.CC.CC. The van der Waals surface area contributed by atoms with Crippen LogP contribution in [0.4, 0.5) is 0 Å². The highest BCUT2D eigenvalue weighted by Crippen LogP contribution is 2.35. The zero-order chi connectivity index (χ0) is 50.8. The Morgan fingerprint density at radius 2 is 0.929 bits per heavy atom. The van der Waals surface area contributed by atoms with Gasteiger partial charge in [0.25, 0.3) is 0 Å². The first-order chi connectivity index (χ1) is 34.4. The van der Waals surface area contributed by atoms with E-state index in [0.717, 1.165) is 87.3 Å². The van der Waals surface area contributed by atoms with E-state index >= 15 is 0 Å². The molecule has 5 heterocycles. The van der Waals surface area contributed by atoms with Gasteiger partial charge >= 0.3 is 0 Å². The van der Waals surface area contributed by atoms with Crippen molar-refractivity contribution in [1.29, 1.82) is 0 Å². The summed E-state index contributed by atoms with van der Waals surface area (Å²) in [6.45, 7) is 29.3. The van der Waals surface area contributed by atoms with Crippen LogP contribution in [0.1, 0.15) is 191 Å². The maximum Gasteiger partial charge on any atom is 0.206 e. The first-order valence-corrected chi connectivity index (χ1v) is 27.4. The van der Waals surface area contributed by atoms with Crippen molar-refractivity contribution < 1.29 is 0 Å². The molecule has 6 aromatic rings. The van der Waals surface area contributed by atoms with Crippen molar-refractivity contribution in [1.82, 2.24) is 43.8 Å². The van der Waals surface area contributed by atoms with E-state index in [-0.39, 0.29) is 0 Å². The number of fused-ring (bicyclic) bond motifs is 2. The zero-order valence-corrected chi connectivity index (χ0v) is 45.4. The van der Waals surface area contributed by atoms with Gasteiger partial charge in [-0.3, -0.25) is 9.80 Å². The van der Waals surface area contributed by atoms with Gasteiger partial charge in [-0.25, -0.2) is 19.9 Å². The lowest BCUT2D eigenvalue weighted by molar-refractivity contribution is 0.148. The van der Waals surface area contributed by atoms with E-state index in [1.54, 1.807) is 0 Å². The third kappa shape index (κ3) is 15.8. The molecule has 9 heteroatoms. The van der Waals surface area contributed by atoms with Crippen LogP contribution in [0.3, 0.4) is 0 Å². The molecule has 378 valence electrons. The molecule has 3 aliphatic rings. The zero-order valence-electron chi connectivity index (χ0n) is 45.4. The predicted molar refractivity (Wildman–Crippen MR) is 298 cm³/mol. The molecule has 2 saturated carbocycles. The van der Waals surface area contributed by atoms with Crippen molar-refractivity contribution in [2.75, 3.05) is 46.3 Å². The van der Waals surface area contributed by atoms with E-state index in [9.17, 15) is 0 Å². The van der Waals surface area contributed by atoms with E-state index in [0.29, 0.717) is 23.7 Å². The van der Waals surface area contributed by atoms with Crippen LogP contribution in [0, 0.1) is 24.7 Å². The summed E-state index contributed by atoms with van der Waals surface area (Å²) in [4.78, 5) is 25.5. The molecule has 0 spiro atoms. The Bertz CT molecular complexity index is 2460. The highest BCUT2D eigenvalue weighted by molar-refractivity contribution is 5.78. The van der Waals surface area contributed by atoms with E-state index < -0.39 is 0 Å². The van der Waals surface area contributed by atoms with Crippen LogP contribution in [0.5, 0.6) is 0 Å². The van der Waals surface area contributed by atoms with Crippen LogP contribution < -0.4 is 0 Å². The fourth-order valence-corrected chi connectivity index (χ4v) is 9.94. The Morgan fingerprint density at radius 1 is 0.543 bits per heavy atom. The van der Waals surface area contributed by atoms with Crippen molar-refractivity contribution in [3.05, 3.63) is 118 Å². The molecule has 9 rings (SSSR count). The van der Waals surface area contributed by atoms with Gasteiger partial charge < -0.3 is 14.0 Å². The summed E-state index contributed by atoms with van der Waals surface area (Å²) in [6, 6.07) is 23.8.